The third-order valence-electron chi connectivity index (χ3n) is 3.34. The number of benzene rings is 1. The van der Waals surface area contributed by atoms with E-state index < -0.39 is 5.82 Å². The third-order valence-corrected chi connectivity index (χ3v) is 3.34. The molecule has 0 radical (unpaired) electrons. The first-order chi connectivity index (χ1) is 9.70. The number of rotatable bonds is 6. The van der Waals surface area contributed by atoms with Crippen LogP contribution in [0, 0.1) is 11.7 Å². The van der Waals surface area contributed by atoms with Crippen molar-refractivity contribution in [3.8, 4) is 11.5 Å². The Balaban J connectivity index is 1.98. The maximum atomic E-state index is 13.7. The summed E-state index contributed by atoms with van der Waals surface area (Å²) in [5, 5.41) is 0. The molecule has 0 amide bonds. The smallest absolute Gasteiger partial charge is 0.167 e. The quantitative estimate of drug-likeness (QED) is 0.815. The van der Waals surface area contributed by atoms with Gasteiger partial charge in [0.15, 0.2) is 11.6 Å². The van der Waals surface area contributed by atoms with Crippen LogP contribution in [0.15, 0.2) is 12.1 Å². The highest BCUT2D eigenvalue weighted by Crippen LogP contribution is 2.31. The number of halogens is 1. The van der Waals surface area contributed by atoms with Crippen LogP contribution in [0.2, 0.25) is 0 Å². The molecule has 0 unspecified atom stereocenters. The van der Waals surface area contributed by atoms with Crippen molar-refractivity contribution < 1.29 is 18.6 Å². The largest absolute Gasteiger partial charge is 0.491 e. The minimum Gasteiger partial charge on any atom is -0.491 e. The Morgan fingerprint density at radius 1 is 1.25 bits per heavy atom. The molecule has 1 aromatic carbocycles. The molecule has 0 atom stereocenters. The zero-order valence-electron chi connectivity index (χ0n) is 11.9. The van der Waals surface area contributed by atoms with Gasteiger partial charge in [-0.3, -0.25) is 0 Å². The Morgan fingerprint density at radius 3 is 2.70 bits per heavy atom. The summed E-state index contributed by atoms with van der Waals surface area (Å²) >= 11 is 0. The minimum absolute atomic E-state index is 0.197. The molecule has 1 aliphatic heterocycles. The van der Waals surface area contributed by atoms with Crippen molar-refractivity contribution in [2.45, 2.75) is 26.2 Å². The Labute approximate surface area is 119 Å². The Kier molecular flexibility index (Phi) is 5.47. The SMILES string of the molecule is CCCOc1cc(OCC2CCOCC2)c(N)cc1F. The molecule has 2 N–H and O–H groups in total. The van der Waals surface area contributed by atoms with E-state index in [4.69, 9.17) is 19.9 Å². The topological polar surface area (TPSA) is 53.7 Å². The highest BCUT2D eigenvalue weighted by atomic mass is 19.1. The van der Waals surface area contributed by atoms with Gasteiger partial charge in [0, 0.05) is 25.3 Å². The highest BCUT2D eigenvalue weighted by Gasteiger charge is 2.16. The van der Waals surface area contributed by atoms with Gasteiger partial charge in [-0.1, -0.05) is 6.92 Å². The fourth-order valence-electron chi connectivity index (χ4n) is 2.12. The van der Waals surface area contributed by atoms with Gasteiger partial charge in [-0.25, -0.2) is 4.39 Å². The molecule has 5 heteroatoms. The molecule has 1 aliphatic rings. The lowest BCUT2D eigenvalue weighted by Crippen LogP contribution is -2.21. The van der Waals surface area contributed by atoms with Crippen molar-refractivity contribution in [1.29, 1.82) is 0 Å². The zero-order valence-corrected chi connectivity index (χ0v) is 11.9. The lowest BCUT2D eigenvalue weighted by molar-refractivity contribution is 0.0498. The molecule has 2 rings (SSSR count). The molecule has 1 saturated heterocycles. The van der Waals surface area contributed by atoms with Crippen LogP contribution >= 0.6 is 0 Å². The van der Waals surface area contributed by atoms with Crippen molar-refractivity contribution in [3.05, 3.63) is 17.9 Å². The van der Waals surface area contributed by atoms with E-state index in [1.807, 2.05) is 6.92 Å². The maximum absolute atomic E-state index is 13.7. The number of hydrogen-bond donors (Lipinski definition) is 1. The molecule has 0 saturated carbocycles. The average Bonchev–Trinajstić information content (AvgIpc) is 2.46. The van der Waals surface area contributed by atoms with Gasteiger partial charge in [0.1, 0.15) is 5.75 Å². The zero-order chi connectivity index (χ0) is 14.4. The predicted molar refractivity (Wildman–Crippen MR) is 75.6 cm³/mol. The van der Waals surface area contributed by atoms with Crippen LogP contribution in [0.4, 0.5) is 10.1 Å². The normalized spacial score (nSPS) is 16.1. The second-order valence-electron chi connectivity index (χ2n) is 5.04. The summed E-state index contributed by atoms with van der Waals surface area (Å²) in [6, 6.07) is 2.80. The first kappa shape index (κ1) is 14.9. The molecule has 1 aromatic rings. The minimum atomic E-state index is -0.450. The van der Waals surface area contributed by atoms with E-state index in [2.05, 4.69) is 0 Å². The van der Waals surface area contributed by atoms with Crippen LogP contribution in [-0.2, 0) is 4.74 Å². The fraction of sp³-hybridized carbons (Fsp3) is 0.600. The molecule has 1 fully saturated rings. The second kappa shape index (κ2) is 7.33. The lowest BCUT2D eigenvalue weighted by Gasteiger charge is -2.22. The van der Waals surface area contributed by atoms with Crippen molar-refractivity contribution in [3.63, 3.8) is 0 Å². The molecular weight excluding hydrogens is 261 g/mol. The van der Waals surface area contributed by atoms with E-state index in [1.54, 1.807) is 6.07 Å². The molecular formula is C15H22FNO3. The summed E-state index contributed by atoms with van der Waals surface area (Å²) in [6.07, 6.45) is 2.79. The number of nitrogens with two attached hydrogens (primary N) is 1. The molecule has 1 heterocycles. The van der Waals surface area contributed by atoms with Crippen LogP contribution in [0.25, 0.3) is 0 Å². The highest BCUT2D eigenvalue weighted by molar-refractivity contribution is 5.56. The van der Waals surface area contributed by atoms with Gasteiger partial charge >= 0.3 is 0 Å². The van der Waals surface area contributed by atoms with Gasteiger partial charge in [0.05, 0.1) is 18.9 Å². The fourth-order valence-corrected chi connectivity index (χ4v) is 2.12. The van der Waals surface area contributed by atoms with Gasteiger partial charge in [0.25, 0.3) is 0 Å². The summed E-state index contributed by atoms with van der Waals surface area (Å²) in [5.74, 6) is 0.703. The Morgan fingerprint density at radius 2 is 2.00 bits per heavy atom. The molecule has 0 spiro atoms. The van der Waals surface area contributed by atoms with Gasteiger partial charge in [-0.2, -0.15) is 0 Å². The maximum Gasteiger partial charge on any atom is 0.167 e. The lowest BCUT2D eigenvalue weighted by atomic mass is 10.0. The van der Waals surface area contributed by atoms with E-state index >= 15 is 0 Å². The first-order valence-electron chi connectivity index (χ1n) is 7.13. The third kappa shape index (κ3) is 4.00. The Bertz CT molecular complexity index is 433. The summed E-state index contributed by atoms with van der Waals surface area (Å²) in [5.41, 5.74) is 6.09. The van der Waals surface area contributed by atoms with Crippen LogP contribution < -0.4 is 15.2 Å². The Hall–Kier alpha value is -1.49. The van der Waals surface area contributed by atoms with Crippen LogP contribution in [0.1, 0.15) is 26.2 Å². The standard InChI is InChI=1S/C15H22FNO3/c1-2-5-19-14-9-15(13(17)8-12(14)16)20-10-11-3-6-18-7-4-11/h8-9,11H,2-7,10,17H2,1H3. The van der Waals surface area contributed by atoms with Crippen molar-refractivity contribution >= 4 is 5.69 Å². The van der Waals surface area contributed by atoms with E-state index in [0.717, 1.165) is 32.5 Å². The van der Waals surface area contributed by atoms with E-state index in [9.17, 15) is 4.39 Å². The van der Waals surface area contributed by atoms with E-state index in [0.29, 0.717) is 30.6 Å². The average molecular weight is 283 g/mol. The molecule has 0 aliphatic carbocycles. The number of anilines is 1. The van der Waals surface area contributed by atoms with E-state index in [1.165, 1.54) is 6.07 Å². The molecule has 0 aromatic heterocycles. The van der Waals surface area contributed by atoms with Crippen LogP contribution in [-0.4, -0.2) is 26.4 Å². The van der Waals surface area contributed by atoms with Crippen molar-refractivity contribution in [2.24, 2.45) is 5.92 Å². The molecule has 0 bridgehead atoms. The van der Waals surface area contributed by atoms with Gasteiger partial charge in [0.2, 0.25) is 0 Å². The van der Waals surface area contributed by atoms with Crippen molar-refractivity contribution in [1.82, 2.24) is 0 Å². The number of hydrogen-bond acceptors (Lipinski definition) is 4. The molecule has 20 heavy (non-hydrogen) atoms. The van der Waals surface area contributed by atoms with Crippen LogP contribution in [0.5, 0.6) is 11.5 Å². The summed E-state index contributed by atoms with van der Waals surface area (Å²) in [6.45, 7) is 4.57. The number of ether oxygens (including phenoxy) is 3. The van der Waals surface area contributed by atoms with Crippen LogP contribution in [0.3, 0.4) is 0 Å². The monoisotopic (exact) mass is 283 g/mol. The van der Waals surface area contributed by atoms with Gasteiger partial charge < -0.3 is 19.9 Å². The van der Waals surface area contributed by atoms with Crippen molar-refractivity contribution in [2.75, 3.05) is 32.2 Å². The summed E-state index contributed by atoms with van der Waals surface area (Å²) in [4.78, 5) is 0. The molecule has 4 nitrogen and oxygen atoms in total. The van der Waals surface area contributed by atoms with E-state index in [-0.39, 0.29) is 5.75 Å². The van der Waals surface area contributed by atoms with Gasteiger partial charge in [-0.15, -0.1) is 0 Å². The van der Waals surface area contributed by atoms with Gasteiger partial charge in [-0.05, 0) is 25.2 Å². The second-order valence-corrected chi connectivity index (χ2v) is 5.04. The summed E-state index contributed by atoms with van der Waals surface area (Å²) < 4.78 is 30.0. The number of nitrogen functional groups attached to an aromatic ring is 1. The first-order valence-corrected chi connectivity index (χ1v) is 7.13. The molecule has 112 valence electrons. The predicted octanol–water partition coefficient (Wildman–Crippen LogP) is 3.00. The summed E-state index contributed by atoms with van der Waals surface area (Å²) in [7, 11) is 0.